The second-order valence-corrected chi connectivity index (χ2v) is 4.41. The van der Waals surface area contributed by atoms with Gasteiger partial charge in [-0.25, -0.2) is 0 Å². The van der Waals surface area contributed by atoms with Crippen molar-refractivity contribution in [1.29, 1.82) is 0 Å². The van der Waals surface area contributed by atoms with Crippen molar-refractivity contribution in [3.63, 3.8) is 0 Å². The summed E-state index contributed by atoms with van der Waals surface area (Å²) in [4.78, 5) is 0. The van der Waals surface area contributed by atoms with Crippen LogP contribution in [0.3, 0.4) is 0 Å². The third-order valence-electron chi connectivity index (χ3n) is 2.38. The molecule has 0 heterocycles. The molecule has 78 valence electrons. The molecule has 3 heteroatoms. The number of hydrogen-bond acceptors (Lipinski definition) is 3. The predicted octanol–water partition coefficient (Wildman–Crippen LogP) is 1.59. The fraction of sp³-hybridized carbons (Fsp3) is 0.455. The summed E-state index contributed by atoms with van der Waals surface area (Å²) in [6, 6.07) is 9.79. The number of aliphatic hydroxyl groups is 1. The first-order valence-electron chi connectivity index (χ1n) is 4.67. The van der Waals surface area contributed by atoms with Gasteiger partial charge < -0.3 is 10.8 Å². The van der Waals surface area contributed by atoms with Gasteiger partial charge in [0.05, 0.1) is 12.1 Å². The zero-order valence-electron chi connectivity index (χ0n) is 8.44. The molecule has 0 radical (unpaired) electrons. The van der Waals surface area contributed by atoms with E-state index in [1.807, 2.05) is 36.6 Å². The Morgan fingerprint density at radius 2 is 2.00 bits per heavy atom. The maximum absolute atomic E-state index is 9.33. The van der Waals surface area contributed by atoms with Gasteiger partial charge in [0.25, 0.3) is 0 Å². The summed E-state index contributed by atoms with van der Waals surface area (Å²) >= 11 is 1.75. The van der Waals surface area contributed by atoms with Crippen molar-refractivity contribution in [2.45, 2.75) is 12.0 Å². The Labute approximate surface area is 89.5 Å². The lowest BCUT2D eigenvalue weighted by atomic mass is 9.89. The van der Waals surface area contributed by atoms with E-state index in [4.69, 9.17) is 5.73 Å². The molecule has 1 aromatic rings. The van der Waals surface area contributed by atoms with Gasteiger partial charge in [-0.05, 0) is 24.0 Å². The number of rotatable bonds is 5. The molecular weight excluding hydrogens is 194 g/mol. The number of aliphatic hydroxyl groups excluding tert-OH is 1. The molecule has 1 atom stereocenters. The van der Waals surface area contributed by atoms with Gasteiger partial charge in [0.1, 0.15) is 0 Å². The van der Waals surface area contributed by atoms with E-state index in [0.717, 1.165) is 17.7 Å². The number of nitrogens with two attached hydrogens (primary N) is 1. The Bertz CT molecular complexity index is 265. The van der Waals surface area contributed by atoms with E-state index < -0.39 is 5.54 Å². The lowest BCUT2D eigenvalue weighted by Crippen LogP contribution is -2.41. The molecule has 14 heavy (non-hydrogen) atoms. The topological polar surface area (TPSA) is 46.2 Å². The van der Waals surface area contributed by atoms with Crippen LogP contribution in [0.15, 0.2) is 30.3 Å². The molecule has 0 saturated carbocycles. The molecule has 1 rings (SSSR count). The average Bonchev–Trinajstić information content (AvgIpc) is 2.27. The van der Waals surface area contributed by atoms with Crippen LogP contribution in [-0.2, 0) is 5.54 Å². The molecule has 2 nitrogen and oxygen atoms in total. The van der Waals surface area contributed by atoms with Gasteiger partial charge in [0, 0.05) is 0 Å². The van der Waals surface area contributed by atoms with Crippen molar-refractivity contribution < 1.29 is 5.11 Å². The minimum Gasteiger partial charge on any atom is -0.394 e. The Hall–Kier alpha value is -0.510. The van der Waals surface area contributed by atoms with E-state index in [0.29, 0.717) is 0 Å². The molecule has 0 aliphatic carbocycles. The van der Waals surface area contributed by atoms with Crippen LogP contribution in [-0.4, -0.2) is 23.7 Å². The van der Waals surface area contributed by atoms with Crippen molar-refractivity contribution in [2.24, 2.45) is 5.73 Å². The summed E-state index contributed by atoms with van der Waals surface area (Å²) in [6.45, 7) is -0.00241. The molecule has 0 saturated heterocycles. The third-order valence-corrected chi connectivity index (χ3v) is 3.00. The highest BCUT2D eigenvalue weighted by molar-refractivity contribution is 7.98. The Morgan fingerprint density at radius 1 is 1.36 bits per heavy atom. The molecule has 3 N–H and O–H groups in total. The van der Waals surface area contributed by atoms with Gasteiger partial charge in [-0.2, -0.15) is 11.8 Å². The lowest BCUT2D eigenvalue weighted by molar-refractivity contribution is 0.193. The summed E-state index contributed by atoms with van der Waals surface area (Å²) in [5, 5.41) is 9.33. The molecular formula is C11H17NOS. The second kappa shape index (κ2) is 5.39. The van der Waals surface area contributed by atoms with Crippen LogP contribution in [0.2, 0.25) is 0 Å². The molecule has 1 aromatic carbocycles. The largest absolute Gasteiger partial charge is 0.394 e. The van der Waals surface area contributed by atoms with Crippen molar-refractivity contribution in [2.75, 3.05) is 18.6 Å². The zero-order chi connectivity index (χ0) is 10.4. The summed E-state index contributed by atoms with van der Waals surface area (Å²) < 4.78 is 0. The third kappa shape index (κ3) is 2.74. The first kappa shape index (κ1) is 11.6. The molecule has 0 aromatic heterocycles. The highest BCUT2D eigenvalue weighted by Crippen LogP contribution is 2.22. The normalized spacial score (nSPS) is 15.1. The molecule has 0 fully saturated rings. The van der Waals surface area contributed by atoms with Crippen LogP contribution < -0.4 is 5.73 Å². The van der Waals surface area contributed by atoms with Crippen molar-refractivity contribution >= 4 is 11.8 Å². The standard InChI is InChI=1S/C11H17NOS/c1-14-8-7-11(12,9-13)10-5-3-2-4-6-10/h2-6,13H,7-9,12H2,1H3. The summed E-state index contributed by atoms with van der Waals surface area (Å²) in [5.74, 6) is 0.964. The van der Waals surface area contributed by atoms with E-state index in [-0.39, 0.29) is 6.61 Å². The summed E-state index contributed by atoms with van der Waals surface area (Å²) in [7, 11) is 0. The number of thioether (sulfide) groups is 1. The van der Waals surface area contributed by atoms with E-state index in [1.165, 1.54) is 0 Å². The second-order valence-electron chi connectivity index (χ2n) is 3.42. The molecule has 0 spiro atoms. The minimum absolute atomic E-state index is 0.00241. The fourth-order valence-electron chi connectivity index (χ4n) is 1.37. The van der Waals surface area contributed by atoms with E-state index in [2.05, 4.69) is 0 Å². The Kier molecular flexibility index (Phi) is 4.45. The van der Waals surface area contributed by atoms with Gasteiger partial charge in [-0.1, -0.05) is 30.3 Å². The van der Waals surface area contributed by atoms with E-state index in [1.54, 1.807) is 11.8 Å². The van der Waals surface area contributed by atoms with Crippen LogP contribution in [0.25, 0.3) is 0 Å². The quantitative estimate of drug-likeness (QED) is 0.777. The van der Waals surface area contributed by atoms with Crippen molar-refractivity contribution in [3.8, 4) is 0 Å². The predicted molar refractivity (Wildman–Crippen MR) is 62.4 cm³/mol. The van der Waals surface area contributed by atoms with Crippen LogP contribution in [0.4, 0.5) is 0 Å². The molecule has 0 bridgehead atoms. The fourth-order valence-corrected chi connectivity index (χ4v) is 1.94. The smallest absolute Gasteiger partial charge is 0.0653 e. The Morgan fingerprint density at radius 3 is 2.50 bits per heavy atom. The number of benzene rings is 1. The summed E-state index contributed by atoms with van der Waals surface area (Å²) in [6.07, 6.45) is 2.84. The minimum atomic E-state index is -0.579. The number of hydrogen-bond donors (Lipinski definition) is 2. The molecule has 0 aliphatic rings. The van der Waals surface area contributed by atoms with Crippen LogP contribution in [0.1, 0.15) is 12.0 Å². The maximum Gasteiger partial charge on any atom is 0.0653 e. The molecule has 1 unspecified atom stereocenters. The van der Waals surface area contributed by atoms with Gasteiger partial charge in [-0.3, -0.25) is 0 Å². The monoisotopic (exact) mass is 211 g/mol. The van der Waals surface area contributed by atoms with Crippen molar-refractivity contribution in [1.82, 2.24) is 0 Å². The zero-order valence-corrected chi connectivity index (χ0v) is 9.26. The Balaban J connectivity index is 2.79. The first-order chi connectivity index (χ1) is 6.73. The van der Waals surface area contributed by atoms with Gasteiger partial charge in [-0.15, -0.1) is 0 Å². The lowest BCUT2D eigenvalue weighted by Gasteiger charge is -2.27. The van der Waals surface area contributed by atoms with Crippen LogP contribution >= 0.6 is 11.8 Å². The van der Waals surface area contributed by atoms with Gasteiger partial charge in [0.2, 0.25) is 0 Å². The van der Waals surface area contributed by atoms with Crippen LogP contribution in [0, 0.1) is 0 Å². The van der Waals surface area contributed by atoms with Gasteiger partial charge in [0.15, 0.2) is 0 Å². The SMILES string of the molecule is CSCCC(N)(CO)c1ccccc1. The average molecular weight is 211 g/mol. The highest BCUT2D eigenvalue weighted by Gasteiger charge is 2.25. The van der Waals surface area contributed by atoms with E-state index >= 15 is 0 Å². The molecule has 0 aliphatic heterocycles. The highest BCUT2D eigenvalue weighted by atomic mass is 32.2. The van der Waals surface area contributed by atoms with Gasteiger partial charge >= 0.3 is 0 Å². The van der Waals surface area contributed by atoms with Crippen molar-refractivity contribution in [3.05, 3.63) is 35.9 Å². The molecule has 0 amide bonds. The van der Waals surface area contributed by atoms with Crippen LogP contribution in [0.5, 0.6) is 0 Å². The van der Waals surface area contributed by atoms with E-state index in [9.17, 15) is 5.11 Å². The first-order valence-corrected chi connectivity index (χ1v) is 6.06. The maximum atomic E-state index is 9.33. The summed E-state index contributed by atoms with van der Waals surface area (Å²) in [5.41, 5.74) is 6.57.